The van der Waals surface area contributed by atoms with E-state index in [4.69, 9.17) is 9.84 Å². The lowest BCUT2D eigenvalue weighted by Gasteiger charge is -2.07. The monoisotopic (exact) mass is 266 g/mol. The van der Waals surface area contributed by atoms with Gasteiger partial charge in [0.1, 0.15) is 5.82 Å². The molecule has 0 atom stereocenters. The molecule has 1 aromatic carbocycles. The maximum absolute atomic E-state index is 13.7. The molecule has 0 radical (unpaired) electrons. The normalized spacial score (nSPS) is 11.4. The molecular formula is C15H19FO3. The zero-order valence-corrected chi connectivity index (χ0v) is 11.2. The third-order valence-corrected chi connectivity index (χ3v) is 2.59. The van der Waals surface area contributed by atoms with Crippen molar-refractivity contribution in [2.45, 2.75) is 26.9 Å². The highest BCUT2D eigenvalue weighted by molar-refractivity contribution is 5.85. The van der Waals surface area contributed by atoms with Gasteiger partial charge in [0.15, 0.2) is 0 Å². The summed E-state index contributed by atoms with van der Waals surface area (Å²) in [5, 5.41) is 8.49. The van der Waals surface area contributed by atoms with Crippen LogP contribution in [0.4, 0.5) is 4.39 Å². The summed E-state index contributed by atoms with van der Waals surface area (Å²) in [6.45, 7) is 5.06. The summed E-state index contributed by atoms with van der Waals surface area (Å²) >= 11 is 0. The van der Waals surface area contributed by atoms with E-state index in [2.05, 4.69) is 13.8 Å². The first kappa shape index (κ1) is 15.4. The van der Waals surface area contributed by atoms with Crippen molar-refractivity contribution in [2.75, 3.05) is 6.61 Å². The van der Waals surface area contributed by atoms with Crippen molar-refractivity contribution in [2.24, 2.45) is 5.92 Å². The van der Waals surface area contributed by atoms with Gasteiger partial charge < -0.3 is 9.84 Å². The predicted molar refractivity (Wildman–Crippen MR) is 72.2 cm³/mol. The van der Waals surface area contributed by atoms with E-state index in [-0.39, 0.29) is 12.4 Å². The van der Waals surface area contributed by atoms with Crippen molar-refractivity contribution in [1.82, 2.24) is 0 Å². The molecule has 0 aliphatic carbocycles. The van der Waals surface area contributed by atoms with Crippen LogP contribution in [0.25, 0.3) is 6.08 Å². The summed E-state index contributed by atoms with van der Waals surface area (Å²) < 4.78 is 19.1. The Bertz CT molecular complexity index is 453. The molecule has 0 heterocycles. The molecule has 0 aliphatic rings. The maximum atomic E-state index is 13.7. The Labute approximate surface area is 112 Å². The first-order valence-electron chi connectivity index (χ1n) is 6.26. The van der Waals surface area contributed by atoms with Crippen LogP contribution in [-0.4, -0.2) is 17.7 Å². The minimum absolute atomic E-state index is 0.238. The quantitative estimate of drug-likeness (QED) is 0.607. The molecule has 1 aromatic rings. The third-order valence-electron chi connectivity index (χ3n) is 2.59. The van der Waals surface area contributed by atoms with Gasteiger partial charge in [-0.1, -0.05) is 26.0 Å². The largest absolute Gasteiger partial charge is 0.478 e. The van der Waals surface area contributed by atoms with Crippen LogP contribution >= 0.6 is 0 Å². The number of rotatable bonds is 7. The number of carbonyl (C=O) groups is 1. The number of carboxylic acid groups (broad SMARTS) is 1. The summed E-state index contributed by atoms with van der Waals surface area (Å²) in [5.74, 6) is -0.869. The highest BCUT2D eigenvalue weighted by atomic mass is 19.1. The molecule has 4 heteroatoms. The molecule has 3 nitrogen and oxygen atoms in total. The molecule has 0 spiro atoms. The molecule has 0 amide bonds. The van der Waals surface area contributed by atoms with Crippen LogP contribution in [0.5, 0.6) is 0 Å². The van der Waals surface area contributed by atoms with Crippen molar-refractivity contribution in [3.8, 4) is 0 Å². The van der Waals surface area contributed by atoms with Gasteiger partial charge in [0.2, 0.25) is 0 Å². The number of carboxylic acids is 1. The average Bonchev–Trinajstić information content (AvgIpc) is 2.33. The fraction of sp³-hybridized carbons (Fsp3) is 0.400. The van der Waals surface area contributed by atoms with E-state index in [0.717, 1.165) is 12.5 Å². The van der Waals surface area contributed by atoms with Crippen LogP contribution in [0.2, 0.25) is 0 Å². The Morgan fingerprint density at radius 2 is 2.21 bits per heavy atom. The van der Waals surface area contributed by atoms with Crippen LogP contribution in [0.15, 0.2) is 24.3 Å². The Morgan fingerprint density at radius 3 is 2.79 bits per heavy atom. The van der Waals surface area contributed by atoms with E-state index in [1.54, 1.807) is 12.1 Å². The maximum Gasteiger partial charge on any atom is 0.328 e. The van der Waals surface area contributed by atoms with Crippen LogP contribution in [0.1, 0.15) is 31.4 Å². The van der Waals surface area contributed by atoms with Crippen LogP contribution < -0.4 is 0 Å². The van der Waals surface area contributed by atoms with E-state index in [0.29, 0.717) is 23.7 Å². The molecule has 1 rings (SSSR count). The summed E-state index contributed by atoms with van der Waals surface area (Å²) in [6.07, 6.45) is 3.28. The van der Waals surface area contributed by atoms with Gasteiger partial charge in [-0.25, -0.2) is 9.18 Å². The number of aliphatic carboxylic acids is 1. The highest BCUT2D eigenvalue weighted by Crippen LogP contribution is 2.13. The molecule has 0 saturated heterocycles. The van der Waals surface area contributed by atoms with Crippen molar-refractivity contribution in [3.63, 3.8) is 0 Å². The lowest BCUT2D eigenvalue weighted by Crippen LogP contribution is -2.01. The van der Waals surface area contributed by atoms with Crippen molar-refractivity contribution < 1.29 is 19.0 Å². The lowest BCUT2D eigenvalue weighted by atomic mass is 10.1. The van der Waals surface area contributed by atoms with Gasteiger partial charge in [0.25, 0.3) is 0 Å². The molecule has 19 heavy (non-hydrogen) atoms. The first-order chi connectivity index (χ1) is 8.99. The van der Waals surface area contributed by atoms with Crippen LogP contribution in [0, 0.1) is 11.7 Å². The molecule has 1 N–H and O–H groups in total. The van der Waals surface area contributed by atoms with Gasteiger partial charge in [-0.2, -0.15) is 0 Å². The van der Waals surface area contributed by atoms with Gasteiger partial charge in [-0.15, -0.1) is 0 Å². The lowest BCUT2D eigenvalue weighted by molar-refractivity contribution is -0.131. The van der Waals surface area contributed by atoms with Crippen LogP contribution in [0.3, 0.4) is 0 Å². The van der Waals surface area contributed by atoms with E-state index in [1.165, 1.54) is 12.1 Å². The summed E-state index contributed by atoms with van der Waals surface area (Å²) in [7, 11) is 0. The second-order valence-corrected chi connectivity index (χ2v) is 4.76. The first-order valence-corrected chi connectivity index (χ1v) is 6.26. The average molecular weight is 266 g/mol. The van der Waals surface area contributed by atoms with Gasteiger partial charge in [-0.05, 0) is 30.0 Å². The molecule has 0 fully saturated rings. The Morgan fingerprint density at radius 1 is 1.47 bits per heavy atom. The summed E-state index contributed by atoms with van der Waals surface area (Å²) in [6, 6.07) is 4.59. The van der Waals surface area contributed by atoms with Crippen molar-refractivity contribution >= 4 is 12.0 Å². The standard InChI is InChI=1S/C15H19FO3/c1-11(2)7-8-19-10-13-5-3-12(9-14(13)16)4-6-15(17)18/h3-6,9,11H,7-8,10H2,1-2H3,(H,17,18). The van der Waals surface area contributed by atoms with E-state index < -0.39 is 5.97 Å². The smallest absolute Gasteiger partial charge is 0.328 e. The Hall–Kier alpha value is -1.68. The van der Waals surface area contributed by atoms with Gasteiger partial charge in [0.05, 0.1) is 6.61 Å². The number of ether oxygens (including phenoxy) is 1. The van der Waals surface area contributed by atoms with Gasteiger partial charge in [0, 0.05) is 18.2 Å². The van der Waals surface area contributed by atoms with Gasteiger partial charge >= 0.3 is 5.97 Å². The molecule has 0 aliphatic heterocycles. The fourth-order valence-corrected chi connectivity index (χ4v) is 1.45. The summed E-state index contributed by atoms with van der Waals surface area (Å²) in [5.41, 5.74) is 1.00. The zero-order chi connectivity index (χ0) is 14.3. The Kier molecular flexibility index (Phi) is 6.22. The van der Waals surface area contributed by atoms with Crippen LogP contribution in [-0.2, 0) is 16.1 Å². The number of benzene rings is 1. The highest BCUT2D eigenvalue weighted by Gasteiger charge is 2.03. The number of hydrogen-bond donors (Lipinski definition) is 1. The van der Waals surface area contributed by atoms with E-state index >= 15 is 0 Å². The SMILES string of the molecule is CC(C)CCOCc1ccc(C=CC(=O)O)cc1F. The molecule has 0 saturated carbocycles. The van der Waals surface area contributed by atoms with E-state index in [1.807, 2.05) is 0 Å². The topological polar surface area (TPSA) is 46.5 Å². The predicted octanol–water partition coefficient (Wildman–Crippen LogP) is 3.49. The van der Waals surface area contributed by atoms with E-state index in [9.17, 15) is 9.18 Å². The number of halogens is 1. The zero-order valence-electron chi connectivity index (χ0n) is 11.2. The van der Waals surface area contributed by atoms with Crippen molar-refractivity contribution in [3.05, 3.63) is 41.2 Å². The Balaban J connectivity index is 2.55. The van der Waals surface area contributed by atoms with Crippen molar-refractivity contribution in [1.29, 1.82) is 0 Å². The third kappa shape index (κ3) is 6.15. The summed E-state index contributed by atoms with van der Waals surface area (Å²) in [4.78, 5) is 10.4. The molecule has 0 aromatic heterocycles. The second-order valence-electron chi connectivity index (χ2n) is 4.76. The number of hydrogen-bond acceptors (Lipinski definition) is 2. The molecule has 104 valence electrons. The molecule has 0 unspecified atom stereocenters. The molecule has 0 bridgehead atoms. The minimum Gasteiger partial charge on any atom is -0.478 e. The molecular weight excluding hydrogens is 247 g/mol. The minimum atomic E-state index is -1.05. The van der Waals surface area contributed by atoms with Gasteiger partial charge in [-0.3, -0.25) is 0 Å². The fourth-order valence-electron chi connectivity index (χ4n) is 1.45. The second kappa shape index (κ2) is 7.69.